The molecular formula is C25H16F2N6O3S. The van der Waals surface area contributed by atoms with Crippen molar-refractivity contribution in [1.82, 2.24) is 19.6 Å². The number of nitrogens with zero attached hydrogens (tertiary/aromatic N) is 5. The standard InChI is InChI=1S/C25H16F2N6O3S/c26-23(27)21-13-20(15-6-2-1-3-7-15)31-24-19(14-29-32(21)24)25(34)30-16-10-17(33(35)36)12-18(11-16)37-22-8-4-5-9-28-22/h1-14,23H,(H,30,34). The number of carbonyl (C=O) groups is 1. The maximum atomic E-state index is 13.8. The summed E-state index contributed by atoms with van der Waals surface area (Å²) >= 11 is 1.19. The van der Waals surface area contributed by atoms with Crippen molar-refractivity contribution in [3.05, 3.63) is 107 Å². The van der Waals surface area contributed by atoms with Crippen LogP contribution < -0.4 is 5.32 Å². The van der Waals surface area contributed by atoms with Gasteiger partial charge in [0.2, 0.25) is 0 Å². The minimum Gasteiger partial charge on any atom is -0.322 e. The van der Waals surface area contributed by atoms with Crippen molar-refractivity contribution < 1.29 is 18.5 Å². The number of aromatic nitrogens is 4. The largest absolute Gasteiger partial charge is 0.322 e. The van der Waals surface area contributed by atoms with Crippen LogP contribution in [0.3, 0.4) is 0 Å². The summed E-state index contributed by atoms with van der Waals surface area (Å²) in [6.07, 6.45) is -0.136. The number of carbonyl (C=O) groups excluding carboxylic acids is 1. The summed E-state index contributed by atoms with van der Waals surface area (Å²) in [4.78, 5) is 33.2. The number of nitro groups is 1. The van der Waals surface area contributed by atoms with Gasteiger partial charge >= 0.3 is 0 Å². The number of nitro benzene ring substituents is 1. The third kappa shape index (κ3) is 5.14. The molecule has 1 amide bonds. The number of non-ortho nitro benzene ring substituents is 1. The van der Waals surface area contributed by atoms with Gasteiger partial charge in [-0.2, -0.15) is 5.10 Å². The van der Waals surface area contributed by atoms with Crippen LogP contribution in [-0.2, 0) is 0 Å². The molecule has 184 valence electrons. The van der Waals surface area contributed by atoms with Gasteiger partial charge in [0.25, 0.3) is 18.0 Å². The number of fused-ring (bicyclic) bond motifs is 1. The van der Waals surface area contributed by atoms with E-state index < -0.39 is 22.9 Å². The fraction of sp³-hybridized carbons (Fsp3) is 0.0400. The van der Waals surface area contributed by atoms with E-state index in [0.29, 0.717) is 15.5 Å². The normalized spacial score (nSPS) is 11.1. The first-order valence-corrected chi connectivity index (χ1v) is 11.6. The fourth-order valence-electron chi connectivity index (χ4n) is 3.60. The second-order valence-electron chi connectivity index (χ2n) is 7.72. The first kappa shape index (κ1) is 24.0. The van der Waals surface area contributed by atoms with Crippen LogP contribution >= 0.6 is 11.8 Å². The van der Waals surface area contributed by atoms with Crippen molar-refractivity contribution in [2.45, 2.75) is 16.3 Å². The summed E-state index contributed by atoms with van der Waals surface area (Å²) in [5.74, 6) is -0.706. The van der Waals surface area contributed by atoms with Gasteiger partial charge in [0.15, 0.2) is 5.65 Å². The Kier molecular flexibility index (Phi) is 6.56. The first-order chi connectivity index (χ1) is 17.9. The molecule has 0 bridgehead atoms. The van der Waals surface area contributed by atoms with E-state index in [1.54, 1.807) is 60.8 Å². The number of amides is 1. The second kappa shape index (κ2) is 10.1. The Morgan fingerprint density at radius 1 is 1.05 bits per heavy atom. The van der Waals surface area contributed by atoms with Gasteiger partial charge in [0.1, 0.15) is 16.3 Å². The van der Waals surface area contributed by atoms with Crippen molar-refractivity contribution >= 4 is 34.7 Å². The van der Waals surface area contributed by atoms with Gasteiger partial charge in [-0.3, -0.25) is 14.9 Å². The van der Waals surface area contributed by atoms with Crippen LogP contribution in [0.25, 0.3) is 16.9 Å². The number of hydrogen-bond acceptors (Lipinski definition) is 7. The summed E-state index contributed by atoms with van der Waals surface area (Å²) in [6.45, 7) is 0. The fourth-order valence-corrected chi connectivity index (χ4v) is 4.47. The number of hydrogen-bond donors (Lipinski definition) is 1. The average molecular weight is 519 g/mol. The van der Waals surface area contributed by atoms with Crippen molar-refractivity contribution in [1.29, 1.82) is 0 Å². The molecule has 9 nitrogen and oxygen atoms in total. The summed E-state index contributed by atoms with van der Waals surface area (Å²) < 4.78 is 28.6. The van der Waals surface area contributed by atoms with Crippen LogP contribution in [0.4, 0.5) is 20.2 Å². The average Bonchev–Trinajstić information content (AvgIpc) is 3.33. The minimum atomic E-state index is -2.87. The van der Waals surface area contributed by atoms with Crippen LogP contribution in [0.2, 0.25) is 0 Å². The zero-order valence-corrected chi connectivity index (χ0v) is 19.6. The maximum Gasteiger partial charge on any atom is 0.280 e. The molecule has 3 aromatic heterocycles. The number of rotatable bonds is 7. The summed E-state index contributed by atoms with van der Waals surface area (Å²) in [7, 11) is 0. The van der Waals surface area contributed by atoms with Crippen LogP contribution in [0.5, 0.6) is 0 Å². The molecule has 0 aliphatic heterocycles. The molecule has 5 aromatic rings. The smallest absolute Gasteiger partial charge is 0.280 e. The predicted octanol–water partition coefficient (Wildman–Crippen LogP) is 6.04. The van der Waals surface area contributed by atoms with E-state index in [1.807, 2.05) is 0 Å². The van der Waals surface area contributed by atoms with Crippen LogP contribution in [0.1, 0.15) is 22.5 Å². The summed E-state index contributed by atoms with van der Waals surface area (Å²) in [5.41, 5.74) is 0.197. The molecule has 1 N–H and O–H groups in total. The number of halogens is 2. The van der Waals surface area contributed by atoms with Gasteiger partial charge in [-0.15, -0.1) is 0 Å². The molecule has 0 atom stereocenters. The van der Waals surface area contributed by atoms with Crippen LogP contribution in [0, 0.1) is 10.1 Å². The Morgan fingerprint density at radius 2 is 1.84 bits per heavy atom. The van der Waals surface area contributed by atoms with Gasteiger partial charge < -0.3 is 5.32 Å². The van der Waals surface area contributed by atoms with Crippen molar-refractivity contribution in [3.8, 4) is 11.3 Å². The van der Waals surface area contributed by atoms with E-state index in [9.17, 15) is 23.7 Å². The lowest BCUT2D eigenvalue weighted by atomic mass is 10.1. The van der Waals surface area contributed by atoms with Gasteiger partial charge in [-0.25, -0.2) is 23.3 Å². The Labute approximate surface area is 212 Å². The summed E-state index contributed by atoms with van der Waals surface area (Å²) in [5, 5.41) is 18.7. The molecule has 0 saturated heterocycles. The van der Waals surface area contributed by atoms with Crippen LogP contribution in [0.15, 0.2) is 95.1 Å². The molecule has 0 aliphatic carbocycles. The maximum absolute atomic E-state index is 13.8. The molecule has 0 aliphatic rings. The Balaban J connectivity index is 1.52. The monoisotopic (exact) mass is 518 g/mol. The third-order valence-electron chi connectivity index (χ3n) is 5.26. The van der Waals surface area contributed by atoms with Crippen molar-refractivity contribution in [2.75, 3.05) is 5.32 Å². The van der Waals surface area contributed by atoms with E-state index in [1.165, 1.54) is 30.0 Å². The summed E-state index contributed by atoms with van der Waals surface area (Å²) in [6, 6.07) is 19.3. The lowest BCUT2D eigenvalue weighted by Gasteiger charge is -2.09. The highest BCUT2D eigenvalue weighted by Gasteiger charge is 2.22. The Bertz CT molecular complexity index is 1610. The highest BCUT2D eigenvalue weighted by atomic mass is 32.2. The molecule has 12 heteroatoms. The highest BCUT2D eigenvalue weighted by molar-refractivity contribution is 7.99. The van der Waals surface area contributed by atoms with Gasteiger partial charge in [0.05, 0.1) is 16.8 Å². The van der Waals surface area contributed by atoms with Gasteiger partial charge in [-0.05, 0) is 24.3 Å². The zero-order valence-electron chi connectivity index (χ0n) is 18.8. The minimum absolute atomic E-state index is 0.0647. The van der Waals surface area contributed by atoms with Gasteiger partial charge in [-0.1, -0.05) is 48.2 Å². The molecule has 0 spiro atoms. The molecule has 0 radical (unpaired) electrons. The molecule has 2 aromatic carbocycles. The molecule has 0 fully saturated rings. The Morgan fingerprint density at radius 3 is 2.54 bits per heavy atom. The van der Waals surface area contributed by atoms with E-state index in [2.05, 4.69) is 20.4 Å². The van der Waals surface area contributed by atoms with E-state index in [0.717, 1.165) is 10.7 Å². The molecule has 0 saturated carbocycles. The van der Waals surface area contributed by atoms with E-state index >= 15 is 0 Å². The number of benzene rings is 2. The predicted molar refractivity (Wildman–Crippen MR) is 133 cm³/mol. The van der Waals surface area contributed by atoms with Crippen LogP contribution in [-0.4, -0.2) is 30.4 Å². The Hall–Kier alpha value is -4.71. The number of pyridine rings is 1. The number of nitrogens with one attached hydrogen (secondary N) is 1. The van der Waals surface area contributed by atoms with E-state index in [-0.39, 0.29) is 28.3 Å². The number of anilines is 1. The van der Waals surface area contributed by atoms with Gasteiger partial charge in [0, 0.05) is 34.5 Å². The first-order valence-electron chi connectivity index (χ1n) is 10.8. The molecule has 5 rings (SSSR count). The molecule has 0 unspecified atom stereocenters. The molecule has 37 heavy (non-hydrogen) atoms. The number of alkyl halides is 2. The molecular weight excluding hydrogens is 502 g/mol. The third-order valence-corrected chi connectivity index (χ3v) is 6.18. The lowest BCUT2D eigenvalue weighted by Crippen LogP contribution is -2.13. The van der Waals surface area contributed by atoms with E-state index in [4.69, 9.17) is 0 Å². The van der Waals surface area contributed by atoms with Crippen molar-refractivity contribution in [2.24, 2.45) is 0 Å². The quantitative estimate of drug-likeness (QED) is 0.206. The van der Waals surface area contributed by atoms with Crippen molar-refractivity contribution in [3.63, 3.8) is 0 Å². The molecule has 3 heterocycles. The SMILES string of the molecule is O=C(Nc1cc(Sc2ccccn2)cc([N+](=O)[O-])c1)c1cnn2c(C(F)F)cc(-c3ccccc3)nc12. The topological polar surface area (TPSA) is 115 Å². The lowest BCUT2D eigenvalue weighted by molar-refractivity contribution is -0.385. The second-order valence-corrected chi connectivity index (χ2v) is 8.82. The highest BCUT2D eigenvalue weighted by Crippen LogP contribution is 2.32. The zero-order chi connectivity index (χ0) is 25.9.